The predicted octanol–water partition coefficient (Wildman–Crippen LogP) is 2.78. The summed E-state index contributed by atoms with van der Waals surface area (Å²) >= 11 is 0. The van der Waals surface area contributed by atoms with Gasteiger partial charge in [0.25, 0.3) is 5.91 Å². The minimum atomic E-state index is -4.49. The van der Waals surface area contributed by atoms with Crippen molar-refractivity contribution in [2.24, 2.45) is 5.10 Å². The average Bonchev–Trinajstić information content (AvgIpc) is 2.61. The smallest absolute Gasteiger partial charge is 0.272 e. The molecular formula is C18H18F3N3O3S. The maximum atomic E-state index is 12.7. The Hall–Kier alpha value is -2.72. The van der Waals surface area contributed by atoms with Crippen LogP contribution in [0.2, 0.25) is 0 Å². The van der Waals surface area contributed by atoms with Gasteiger partial charge in [-0.25, -0.2) is 13.8 Å². The zero-order chi connectivity index (χ0) is 20.9. The van der Waals surface area contributed by atoms with E-state index >= 15 is 0 Å². The molecule has 0 atom stereocenters. The van der Waals surface area contributed by atoms with Crippen LogP contribution >= 0.6 is 0 Å². The Bertz CT molecular complexity index is 972. The fourth-order valence-electron chi connectivity index (χ4n) is 2.19. The number of alkyl halides is 3. The van der Waals surface area contributed by atoms with Crippen LogP contribution in [0.4, 0.5) is 13.2 Å². The fraction of sp³-hybridized carbons (Fsp3) is 0.222. The molecule has 1 N–H and O–H groups in total. The summed E-state index contributed by atoms with van der Waals surface area (Å²) in [4.78, 5) is 11.9. The van der Waals surface area contributed by atoms with Crippen LogP contribution in [0.3, 0.4) is 0 Å². The van der Waals surface area contributed by atoms with E-state index in [9.17, 15) is 26.4 Å². The Morgan fingerprint density at radius 2 is 1.82 bits per heavy atom. The van der Waals surface area contributed by atoms with Crippen molar-refractivity contribution in [2.75, 3.05) is 13.6 Å². The van der Waals surface area contributed by atoms with E-state index in [-0.39, 0.29) is 10.5 Å². The standard InChI is InChI=1S/C18H18F3N3O3S/c1-13-6-8-16(9-7-13)28(26,27)24(2)12-17(25)23-22-11-14-4-3-5-15(10-14)18(19,20)21/h3-11H,12H2,1-2H3,(H,23,25)/b22-11+. The number of hydrogen-bond acceptors (Lipinski definition) is 4. The van der Waals surface area contributed by atoms with E-state index in [1.807, 2.05) is 6.92 Å². The molecular weight excluding hydrogens is 395 g/mol. The first-order valence-electron chi connectivity index (χ1n) is 8.02. The largest absolute Gasteiger partial charge is 0.416 e. The number of likely N-dealkylation sites (N-methyl/N-ethyl adjacent to an activating group) is 1. The molecule has 0 unspecified atom stereocenters. The quantitative estimate of drug-likeness (QED) is 0.584. The number of sulfonamides is 1. The van der Waals surface area contributed by atoms with Crippen LogP contribution in [0.5, 0.6) is 0 Å². The third kappa shape index (κ3) is 5.64. The molecule has 0 saturated carbocycles. The number of rotatable bonds is 6. The molecule has 0 bridgehead atoms. The molecule has 10 heteroatoms. The van der Waals surface area contributed by atoms with Crippen molar-refractivity contribution < 1.29 is 26.4 Å². The van der Waals surface area contributed by atoms with E-state index in [1.54, 1.807) is 12.1 Å². The van der Waals surface area contributed by atoms with Crippen LogP contribution < -0.4 is 5.43 Å². The maximum Gasteiger partial charge on any atom is 0.416 e. The molecule has 6 nitrogen and oxygen atoms in total. The average molecular weight is 413 g/mol. The minimum absolute atomic E-state index is 0.0425. The van der Waals surface area contributed by atoms with E-state index in [0.717, 1.165) is 28.2 Å². The Balaban J connectivity index is 1.98. The Morgan fingerprint density at radius 3 is 2.43 bits per heavy atom. The molecule has 0 spiro atoms. The molecule has 28 heavy (non-hydrogen) atoms. The van der Waals surface area contributed by atoms with Gasteiger partial charge in [0.05, 0.1) is 23.2 Å². The second-order valence-electron chi connectivity index (χ2n) is 5.99. The van der Waals surface area contributed by atoms with E-state index in [2.05, 4.69) is 10.5 Å². The van der Waals surface area contributed by atoms with Gasteiger partial charge in [-0.2, -0.15) is 22.6 Å². The number of hydrogen-bond donors (Lipinski definition) is 1. The highest BCUT2D eigenvalue weighted by Gasteiger charge is 2.30. The summed E-state index contributed by atoms with van der Waals surface area (Å²) in [7, 11) is -2.61. The first-order valence-corrected chi connectivity index (χ1v) is 9.46. The number of nitrogens with zero attached hydrogens (tertiary/aromatic N) is 2. The van der Waals surface area contributed by atoms with E-state index in [0.29, 0.717) is 0 Å². The highest BCUT2D eigenvalue weighted by atomic mass is 32.2. The summed E-state index contributed by atoms with van der Waals surface area (Å²) in [5, 5.41) is 3.57. The van der Waals surface area contributed by atoms with Gasteiger partial charge < -0.3 is 0 Å². The van der Waals surface area contributed by atoms with Crippen molar-refractivity contribution in [3.63, 3.8) is 0 Å². The van der Waals surface area contributed by atoms with Gasteiger partial charge in [0, 0.05) is 7.05 Å². The second kappa shape index (κ2) is 8.53. The van der Waals surface area contributed by atoms with E-state index in [1.165, 1.54) is 31.3 Å². The van der Waals surface area contributed by atoms with Gasteiger partial charge in [-0.15, -0.1) is 0 Å². The fourth-order valence-corrected chi connectivity index (χ4v) is 3.31. The molecule has 0 radical (unpaired) electrons. The molecule has 2 rings (SSSR count). The molecule has 2 aromatic carbocycles. The first kappa shape index (κ1) is 21.6. The summed E-state index contributed by atoms with van der Waals surface area (Å²) in [6.45, 7) is 1.31. The second-order valence-corrected chi connectivity index (χ2v) is 8.04. The van der Waals surface area contributed by atoms with Gasteiger partial charge in [0.15, 0.2) is 0 Å². The third-order valence-electron chi connectivity index (χ3n) is 3.71. The lowest BCUT2D eigenvalue weighted by Crippen LogP contribution is -2.36. The molecule has 0 aliphatic carbocycles. The molecule has 0 aromatic heterocycles. The number of benzene rings is 2. The van der Waals surface area contributed by atoms with Gasteiger partial charge in [-0.1, -0.05) is 29.8 Å². The molecule has 150 valence electrons. The Labute approximate surface area is 160 Å². The van der Waals surface area contributed by atoms with Crippen molar-refractivity contribution in [3.05, 3.63) is 65.2 Å². The summed E-state index contributed by atoms with van der Waals surface area (Å²) in [6, 6.07) is 10.5. The Morgan fingerprint density at radius 1 is 1.18 bits per heavy atom. The summed E-state index contributed by atoms with van der Waals surface area (Å²) in [5.41, 5.74) is 2.28. The topological polar surface area (TPSA) is 78.8 Å². The lowest BCUT2D eigenvalue weighted by molar-refractivity contribution is -0.137. The van der Waals surface area contributed by atoms with Gasteiger partial charge in [-0.3, -0.25) is 4.79 Å². The number of halogens is 3. The molecule has 0 aliphatic rings. The lowest BCUT2D eigenvalue weighted by Gasteiger charge is -2.16. The number of nitrogens with one attached hydrogen (secondary N) is 1. The highest BCUT2D eigenvalue weighted by Crippen LogP contribution is 2.29. The zero-order valence-electron chi connectivity index (χ0n) is 15.1. The van der Waals surface area contributed by atoms with Crippen molar-refractivity contribution >= 4 is 22.1 Å². The van der Waals surface area contributed by atoms with Crippen molar-refractivity contribution in [1.82, 2.24) is 9.73 Å². The molecule has 2 aromatic rings. The van der Waals surface area contributed by atoms with Crippen molar-refractivity contribution in [1.29, 1.82) is 0 Å². The molecule has 0 saturated heterocycles. The van der Waals surface area contributed by atoms with E-state index < -0.39 is 34.2 Å². The minimum Gasteiger partial charge on any atom is -0.272 e. The Kier molecular flexibility index (Phi) is 6.57. The number of carbonyl (C=O) groups excluding carboxylic acids is 1. The van der Waals surface area contributed by atoms with Crippen LogP contribution in [-0.2, 0) is 21.0 Å². The monoisotopic (exact) mass is 413 g/mol. The molecule has 1 amide bonds. The van der Waals surface area contributed by atoms with Gasteiger partial charge >= 0.3 is 6.18 Å². The van der Waals surface area contributed by atoms with Gasteiger partial charge in [0.1, 0.15) is 0 Å². The zero-order valence-corrected chi connectivity index (χ0v) is 15.9. The predicted molar refractivity (Wildman–Crippen MR) is 98.2 cm³/mol. The van der Waals surface area contributed by atoms with Crippen molar-refractivity contribution in [3.8, 4) is 0 Å². The number of hydrazone groups is 1. The van der Waals surface area contributed by atoms with Crippen LogP contribution in [0, 0.1) is 6.92 Å². The van der Waals surface area contributed by atoms with Crippen LogP contribution in [-0.4, -0.2) is 38.4 Å². The summed E-state index contributed by atoms with van der Waals surface area (Å²) in [5.74, 6) is -0.735. The number of amides is 1. The van der Waals surface area contributed by atoms with Crippen molar-refractivity contribution in [2.45, 2.75) is 18.0 Å². The first-order chi connectivity index (χ1) is 13.0. The molecule has 0 heterocycles. The number of carbonyl (C=O) groups is 1. The lowest BCUT2D eigenvalue weighted by atomic mass is 10.1. The van der Waals surface area contributed by atoms with Gasteiger partial charge in [0.2, 0.25) is 10.0 Å². The third-order valence-corrected chi connectivity index (χ3v) is 5.53. The normalized spacial score (nSPS) is 12.5. The summed E-state index contributed by atoms with van der Waals surface area (Å²) < 4.78 is 63.6. The number of aryl methyl sites for hydroxylation is 1. The maximum absolute atomic E-state index is 12.7. The van der Waals surface area contributed by atoms with Crippen LogP contribution in [0.25, 0.3) is 0 Å². The highest BCUT2D eigenvalue weighted by molar-refractivity contribution is 7.89. The van der Waals surface area contributed by atoms with Crippen LogP contribution in [0.15, 0.2) is 58.5 Å². The van der Waals surface area contributed by atoms with E-state index in [4.69, 9.17) is 0 Å². The van der Waals surface area contributed by atoms with Crippen LogP contribution in [0.1, 0.15) is 16.7 Å². The molecule has 0 aliphatic heterocycles. The molecule has 0 fully saturated rings. The summed E-state index contributed by atoms with van der Waals surface area (Å²) in [6.07, 6.45) is -3.44. The van der Waals surface area contributed by atoms with Gasteiger partial charge in [-0.05, 0) is 36.8 Å². The SMILES string of the molecule is Cc1ccc(S(=O)(=O)N(C)CC(=O)N/N=C/c2cccc(C(F)(F)F)c2)cc1.